The Balaban J connectivity index is 1.46. The first-order valence-corrected chi connectivity index (χ1v) is 10.6. The fraction of sp³-hybridized carbons (Fsp3) is 0.286. The number of benzene rings is 2. The number of nitrogens with one attached hydrogen (secondary N) is 1. The minimum atomic E-state index is -0.480. The predicted molar refractivity (Wildman–Crippen MR) is 116 cm³/mol. The highest BCUT2D eigenvalue weighted by Crippen LogP contribution is 2.39. The molecule has 1 N–H and O–H groups in total. The zero-order valence-corrected chi connectivity index (χ0v) is 17.4. The predicted octanol–water partition coefficient (Wildman–Crippen LogP) is 4.47. The van der Waals surface area contributed by atoms with Gasteiger partial charge in [0.05, 0.1) is 17.8 Å². The molecule has 0 bridgehead atoms. The van der Waals surface area contributed by atoms with Crippen molar-refractivity contribution in [2.24, 2.45) is 4.99 Å². The molecule has 1 saturated carbocycles. The molecule has 4 rings (SSSR count). The number of amides is 2. The van der Waals surface area contributed by atoms with Crippen LogP contribution in [0.5, 0.6) is 5.75 Å². The van der Waals surface area contributed by atoms with Crippen molar-refractivity contribution in [1.29, 1.82) is 0 Å². The summed E-state index contributed by atoms with van der Waals surface area (Å²) in [6.07, 6.45) is 2.02. The smallest absolute Gasteiger partial charge is 0.242 e. The molecule has 1 heterocycles. The van der Waals surface area contributed by atoms with Gasteiger partial charge < -0.3 is 10.1 Å². The monoisotopic (exact) mass is 429 g/mol. The number of amidine groups is 1. The summed E-state index contributed by atoms with van der Waals surface area (Å²) in [5.74, 6) is 0.247. The number of rotatable bonds is 6. The molecule has 8 heteroatoms. The average molecular weight is 430 g/mol. The van der Waals surface area contributed by atoms with Crippen molar-refractivity contribution in [2.45, 2.75) is 30.6 Å². The summed E-state index contributed by atoms with van der Waals surface area (Å²) in [7, 11) is 1.53. The molecule has 0 radical (unpaired) electrons. The van der Waals surface area contributed by atoms with E-state index < -0.39 is 5.25 Å². The number of para-hydroxylation sites is 1. The molecule has 1 saturated heterocycles. The molecule has 6 nitrogen and oxygen atoms in total. The van der Waals surface area contributed by atoms with Crippen molar-refractivity contribution in [3.63, 3.8) is 0 Å². The lowest BCUT2D eigenvalue weighted by atomic mass is 10.2. The zero-order valence-electron chi connectivity index (χ0n) is 15.8. The summed E-state index contributed by atoms with van der Waals surface area (Å²) >= 11 is 7.46. The van der Waals surface area contributed by atoms with Gasteiger partial charge in [0.15, 0.2) is 5.17 Å². The van der Waals surface area contributed by atoms with Gasteiger partial charge >= 0.3 is 0 Å². The summed E-state index contributed by atoms with van der Waals surface area (Å²) in [5, 5.41) is 3.41. The van der Waals surface area contributed by atoms with Crippen LogP contribution in [0.25, 0.3) is 0 Å². The van der Waals surface area contributed by atoms with E-state index in [9.17, 15) is 9.59 Å². The number of ether oxygens (including phenoxy) is 1. The van der Waals surface area contributed by atoms with Gasteiger partial charge in [0.25, 0.3) is 0 Å². The second kappa shape index (κ2) is 8.47. The van der Waals surface area contributed by atoms with Crippen LogP contribution in [-0.4, -0.2) is 40.3 Å². The maximum absolute atomic E-state index is 12.9. The molecule has 1 atom stereocenters. The first-order valence-electron chi connectivity index (χ1n) is 9.32. The van der Waals surface area contributed by atoms with E-state index in [0.29, 0.717) is 21.6 Å². The first kappa shape index (κ1) is 19.8. The molecule has 1 unspecified atom stereocenters. The Morgan fingerprint density at radius 2 is 2.03 bits per heavy atom. The van der Waals surface area contributed by atoms with E-state index in [1.807, 2.05) is 30.3 Å². The van der Waals surface area contributed by atoms with E-state index in [0.717, 1.165) is 18.5 Å². The van der Waals surface area contributed by atoms with Crippen molar-refractivity contribution in [2.75, 3.05) is 12.4 Å². The number of carbonyl (C=O) groups is 2. The number of nitrogens with zero attached hydrogens (tertiary/aromatic N) is 2. The third kappa shape index (κ3) is 4.57. The summed E-state index contributed by atoms with van der Waals surface area (Å²) in [4.78, 5) is 31.9. The topological polar surface area (TPSA) is 71.0 Å². The normalized spacial score (nSPS) is 20.2. The Hall–Kier alpha value is -2.51. The third-order valence-electron chi connectivity index (χ3n) is 4.67. The Morgan fingerprint density at radius 3 is 2.69 bits per heavy atom. The zero-order chi connectivity index (χ0) is 20.4. The number of halogens is 1. The number of hydrogen-bond acceptors (Lipinski definition) is 5. The number of thioether (sulfide) groups is 1. The third-order valence-corrected chi connectivity index (χ3v) is 6.11. The molecule has 2 amide bonds. The van der Waals surface area contributed by atoms with Crippen LogP contribution in [0.15, 0.2) is 53.5 Å². The average Bonchev–Trinajstić information content (AvgIpc) is 3.49. The summed E-state index contributed by atoms with van der Waals surface area (Å²) in [6, 6.07) is 14.8. The molecular weight excluding hydrogens is 410 g/mol. The lowest BCUT2D eigenvalue weighted by Crippen LogP contribution is -2.35. The standard InChI is InChI=1S/C21H20ClN3O3S/c1-28-17-10-7-14(11-16(17)22)23-19(26)12-18-20(27)25(15-8-9-15)21(29-18)24-13-5-3-2-4-6-13/h2-7,10-11,15,18H,8-9,12H2,1H3,(H,23,26). The Morgan fingerprint density at radius 1 is 1.28 bits per heavy atom. The van der Waals surface area contributed by atoms with Crippen LogP contribution in [0.2, 0.25) is 5.02 Å². The van der Waals surface area contributed by atoms with Crippen molar-refractivity contribution in [1.82, 2.24) is 4.90 Å². The second-order valence-electron chi connectivity index (χ2n) is 6.88. The maximum Gasteiger partial charge on any atom is 0.242 e. The summed E-state index contributed by atoms with van der Waals surface area (Å²) in [6.45, 7) is 0. The molecular formula is C21H20ClN3O3S. The lowest BCUT2D eigenvalue weighted by molar-refractivity contribution is -0.128. The first-order chi connectivity index (χ1) is 14.0. The van der Waals surface area contributed by atoms with Crippen LogP contribution in [0, 0.1) is 0 Å². The largest absolute Gasteiger partial charge is 0.495 e. The van der Waals surface area contributed by atoms with Gasteiger partial charge in [0.2, 0.25) is 11.8 Å². The van der Waals surface area contributed by atoms with E-state index in [1.54, 1.807) is 23.1 Å². The molecule has 1 aliphatic carbocycles. The van der Waals surface area contributed by atoms with Gasteiger partial charge in [-0.25, -0.2) is 4.99 Å². The quantitative estimate of drug-likeness (QED) is 0.735. The van der Waals surface area contributed by atoms with Gasteiger partial charge in [-0.15, -0.1) is 0 Å². The highest BCUT2D eigenvalue weighted by molar-refractivity contribution is 8.15. The minimum Gasteiger partial charge on any atom is -0.495 e. The molecule has 2 aromatic rings. The van der Waals surface area contributed by atoms with Crippen LogP contribution >= 0.6 is 23.4 Å². The van der Waals surface area contributed by atoms with Crippen molar-refractivity contribution in [3.05, 3.63) is 53.6 Å². The van der Waals surface area contributed by atoms with E-state index in [1.165, 1.54) is 18.9 Å². The fourth-order valence-corrected chi connectivity index (χ4v) is 4.57. The Kier molecular flexibility index (Phi) is 5.78. The van der Waals surface area contributed by atoms with Crippen LogP contribution in [0.1, 0.15) is 19.3 Å². The van der Waals surface area contributed by atoms with Crippen molar-refractivity contribution in [3.8, 4) is 5.75 Å². The molecule has 2 aliphatic rings. The van der Waals surface area contributed by atoms with Gasteiger partial charge in [-0.05, 0) is 43.2 Å². The summed E-state index contributed by atoms with van der Waals surface area (Å²) in [5.41, 5.74) is 1.36. The number of anilines is 1. The molecule has 1 aliphatic heterocycles. The van der Waals surface area contributed by atoms with Crippen molar-refractivity contribution >= 4 is 51.7 Å². The van der Waals surface area contributed by atoms with Crippen LogP contribution in [0.4, 0.5) is 11.4 Å². The number of methoxy groups -OCH3 is 1. The number of carbonyl (C=O) groups excluding carboxylic acids is 2. The molecule has 2 aromatic carbocycles. The molecule has 150 valence electrons. The van der Waals surface area contributed by atoms with Crippen LogP contribution < -0.4 is 10.1 Å². The van der Waals surface area contributed by atoms with E-state index in [4.69, 9.17) is 16.3 Å². The van der Waals surface area contributed by atoms with E-state index in [-0.39, 0.29) is 24.3 Å². The van der Waals surface area contributed by atoms with Crippen LogP contribution in [0.3, 0.4) is 0 Å². The number of hydrogen-bond donors (Lipinski definition) is 1. The van der Waals surface area contributed by atoms with Crippen molar-refractivity contribution < 1.29 is 14.3 Å². The maximum atomic E-state index is 12.9. The van der Waals surface area contributed by atoms with Crippen LogP contribution in [-0.2, 0) is 9.59 Å². The second-order valence-corrected chi connectivity index (χ2v) is 8.45. The van der Waals surface area contributed by atoms with Gasteiger partial charge in [-0.3, -0.25) is 14.5 Å². The van der Waals surface area contributed by atoms with Gasteiger partial charge in [-0.2, -0.15) is 0 Å². The fourth-order valence-electron chi connectivity index (χ4n) is 3.10. The molecule has 29 heavy (non-hydrogen) atoms. The van der Waals surface area contributed by atoms with E-state index >= 15 is 0 Å². The highest BCUT2D eigenvalue weighted by atomic mass is 35.5. The van der Waals surface area contributed by atoms with E-state index in [2.05, 4.69) is 10.3 Å². The molecule has 0 aromatic heterocycles. The Bertz CT molecular complexity index is 963. The highest BCUT2D eigenvalue weighted by Gasteiger charge is 2.46. The minimum absolute atomic E-state index is 0.0462. The summed E-state index contributed by atoms with van der Waals surface area (Å²) < 4.78 is 5.12. The van der Waals surface area contributed by atoms with Gasteiger partial charge in [-0.1, -0.05) is 41.6 Å². The lowest BCUT2D eigenvalue weighted by Gasteiger charge is -2.15. The molecule has 0 spiro atoms. The number of aliphatic imine (C=N–C) groups is 1. The van der Waals surface area contributed by atoms with Gasteiger partial charge in [0.1, 0.15) is 11.0 Å². The van der Waals surface area contributed by atoms with Gasteiger partial charge in [0, 0.05) is 18.2 Å². The Labute approximate surface area is 178 Å². The SMILES string of the molecule is COc1ccc(NC(=O)CC2SC(=Nc3ccccc3)N(C3CC3)C2=O)cc1Cl. The molecule has 2 fully saturated rings.